The van der Waals surface area contributed by atoms with Crippen LogP contribution in [-0.4, -0.2) is 42.8 Å². The number of phenolic OH excluding ortho intramolecular Hbond substituents is 1. The van der Waals surface area contributed by atoms with Crippen molar-refractivity contribution in [1.29, 1.82) is 0 Å². The summed E-state index contributed by atoms with van der Waals surface area (Å²) in [6, 6.07) is 11.8. The van der Waals surface area contributed by atoms with Crippen LogP contribution in [0.25, 0.3) is 0 Å². The summed E-state index contributed by atoms with van der Waals surface area (Å²) in [5, 5.41) is 24.2. The number of nitrogens with one attached hydrogen (secondary N) is 1. The summed E-state index contributed by atoms with van der Waals surface area (Å²) in [5.41, 5.74) is 2.06. The van der Waals surface area contributed by atoms with E-state index in [0.29, 0.717) is 23.3 Å². The standard InChI is InChI=1S/C22H29NO4S.ClH/c1-26-19-11-6-15(13-20(19)27-2)22(25)17-9-8-16(23-17)7-4-14-5-10-18(24)21(12-14)28-3;/h5-6,10-13,16-17,22-25H,4,7-9H2,1-3H3;1H. The van der Waals surface area contributed by atoms with Crippen LogP contribution in [0, 0.1) is 0 Å². The number of thioether (sulfide) groups is 1. The first-order valence-electron chi connectivity index (χ1n) is 9.57. The summed E-state index contributed by atoms with van der Waals surface area (Å²) < 4.78 is 10.6. The Hall–Kier alpha value is -1.60. The number of aromatic hydroxyl groups is 1. The number of hydrogen-bond donors (Lipinski definition) is 3. The number of phenols is 1. The number of hydrogen-bond acceptors (Lipinski definition) is 6. The molecule has 29 heavy (non-hydrogen) atoms. The van der Waals surface area contributed by atoms with Crippen molar-refractivity contribution in [2.24, 2.45) is 0 Å². The Morgan fingerprint density at radius 2 is 1.86 bits per heavy atom. The molecular weight excluding hydrogens is 410 g/mol. The third kappa shape index (κ3) is 5.72. The highest BCUT2D eigenvalue weighted by Gasteiger charge is 2.30. The highest BCUT2D eigenvalue weighted by Crippen LogP contribution is 2.34. The first-order valence-corrected chi connectivity index (χ1v) is 10.8. The van der Waals surface area contributed by atoms with Crippen LogP contribution in [0.4, 0.5) is 0 Å². The van der Waals surface area contributed by atoms with Crippen molar-refractivity contribution < 1.29 is 19.7 Å². The van der Waals surface area contributed by atoms with Crippen molar-refractivity contribution in [3.63, 3.8) is 0 Å². The van der Waals surface area contributed by atoms with E-state index < -0.39 is 6.10 Å². The van der Waals surface area contributed by atoms with Gasteiger partial charge in [-0.2, -0.15) is 0 Å². The number of methoxy groups -OCH3 is 2. The second kappa shape index (κ2) is 11.0. The van der Waals surface area contributed by atoms with Gasteiger partial charge in [-0.1, -0.05) is 12.1 Å². The number of aliphatic hydroxyl groups excluding tert-OH is 1. The van der Waals surface area contributed by atoms with Crippen molar-refractivity contribution in [1.82, 2.24) is 5.32 Å². The Kier molecular flexibility index (Phi) is 8.96. The Labute approximate surface area is 183 Å². The van der Waals surface area contributed by atoms with Crippen molar-refractivity contribution in [3.05, 3.63) is 47.5 Å². The molecule has 2 aromatic carbocycles. The largest absolute Gasteiger partial charge is 0.507 e. The molecule has 1 fully saturated rings. The molecule has 7 heteroatoms. The maximum atomic E-state index is 10.8. The molecule has 5 nitrogen and oxygen atoms in total. The zero-order valence-corrected chi connectivity index (χ0v) is 18.7. The first kappa shape index (κ1) is 23.7. The molecule has 0 saturated carbocycles. The van der Waals surface area contributed by atoms with Gasteiger partial charge in [0.25, 0.3) is 0 Å². The van der Waals surface area contributed by atoms with Gasteiger partial charge in [0.2, 0.25) is 0 Å². The molecule has 1 aliphatic rings. The van der Waals surface area contributed by atoms with Gasteiger partial charge in [0.1, 0.15) is 5.75 Å². The van der Waals surface area contributed by atoms with E-state index in [2.05, 4.69) is 11.4 Å². The average Bonchev–Trinajstić information content (AvgIpc) is 3.21. The molecule has 1 heterocycles. The van der Waals surface area contributed by atoms with Crippen LogP contribution in [0.5, 0.6) is 17.2 Å². The van der Waals surface area contributed by atoms with Crippen molar-refractivity contribution in [3.8, 4) is 17.2 Å². The van der Waals surface area contributed by atoms with E-state index in [9.17, 15) is 10.2 Å². The van der Waals surface area contributed by atoms with Gasteiger partial charge in [-0.3, -0.25) is 0 Å². The molecule has 0 amide bonds. The first-order chi connectivity index (χ1) is 13.5. The number of halogens is 1. The van der Waals surface area contributed by atoms with Crippen LogP contribution in [0.2, 0.25) is 0 Å². The molecule has 0 radical (unpaired) electrons. The predicted octanol–water partition coefficient (Wildman–Crippen LogP) is 4.34. The molecule has 0 bridgehead atoms. The molecule has 1 aliphatic heterocycles. The third-order valence-corrected chi connectivity index (χ3v) is 6.20. The summed E-state index contributed by atoms with van der Waals surface area (Å²) in [4.78, 5) is 0.915. The zero-order valence-electron chi connectivity index (χ0n) is 17.1. The maximum Gasteiger partial charge on any atom is 0.161 e. The zero-order chi connectivity index (χ0) is 20.1. The van der Waals surface area contributed by atoms with Crippen LogP contribution in [0.1, 0.15) is 36.5 Å². The Bertz CT molecular complexity index is 804. The van der Waals surface area contributed by atoms with E-state index in [4.69, 9.17) is 9.47 Å². The van der Waals surface area contributed by atoms with E-state index in [1.807, 2.05) is 30.5 Å². The molecule has 0 aliphatic carbocycles. The molecule has 3 atom stereocenters. The Morgan fingerprint density at radius 3 is 2.55 bits per heavy atom. The number of rotatable bonds is 8. The lowest BCUT2D eigenvalue weighted by Gasteiger charge is -2.21. The molecule has 3 rings (SSSR count). The topological polar surface area (TPSA) is 71.0 Å². The molecule has 2 aromatic rings. The van der Waals surface area contributed by atoms with Gasteiger partial charge in [0, 0.05) is 17.0 Å². The van der Waals surface area contributed by atoms with Gasteiger partial charge in [-0.05, 0) is 67.3 Å². The van der Waals surface area contributed by atoms with Gasteiger partial charge in [-0.15, -0.1) is 24.2 Å². The molecule has 0 aromatic heterocycles. The van der Waals surface area contributed by atoms with Gasteiger partial charge in [-0.25, -0.2) is 0 Å². The summed E-state index contributed by atoms with van der Waals surface area (Å²) in [6.45, 7) is 0. The van der Waals surface area contributed by atoms with Crippen molar-refractivity contribution in [2.45, 2.75) is 48.8 Å². The van der Waals surface area contributed by atoms with E-state index in [0.717, 1.165) is 36.1 Å². The fraction of sp³-hybridized carbons (Fsp3) is 0.455. The molecule has 1 saturated heterocycles. The quantitative estimate of drug-likeness (QED) is 0.531. The summed E-state index contributed by atoms with van der Waals surface area (Å²) in [5.74, 6) is 1.63. The van der Waals surface area contributed by atoms with Crippen LogP contribution in [0.3, 0.4) is 0 Å². The highest BCUT2D eigenvalue weighted by molar-refractivity contribution is 7.98. The summed E-state index contributed by atoms with van der Waals surface area (Å²) in [7, 11) is 3.21. The molecular formula is C22H30ClNO4S. The number of aliphatic hydroxyl groups is 1. The highest BCUT2D eigenvalue weighted by atomic mass is 35.5. The van der Waals surface area contributed by atoms with Crippen LogP contribution >= 0.6 is 24.2 Å². The minimum absolute atomic E-state index is 0. The fourth-order valence-corrected chi connectivity index (χ4v) is 4.36. The average molecular weight is 440 g/mol. The summed E-state index contributed by atoms with van der Waals surface area (Å²) >= 11 is 1.56. The second-order valence-electron chi connectivity index (χ2n) is 7.15. The minimum Gasteiger partial charge on any atom is -0.507 e. The third-order valence-electron chi connectivity index (χ3n) is 5.43. The van der Waals surface area contributed by atoms with E-state index in [1.54, 1.807) is 32.0 Å². The molecule has 3 N–H and O–H groups in total. The van der Waals surface area contributed by atoms with Crippen LogP contribution in [0.15, 0.2) is 41.3 Å². The van der Waals surface area contributed by atoms with E-state index in [-0.39, 0.29) is 18.4 Å². The molecule has 160 valence electrons. The van der Waals surface area contributed by atoms with Gasteiger partial charge in [0.15, 0.2) is 11.5 Å². The van der Waals surface area contributed by atoms with Crippen molar-refractivity contribution in [2.75, 3.05) is 20.5 Å². The maximum absolute atomic E-state index is 10.8. The lowest BCUT2D eigenvalue weighted by Crippen LogP contribution is -2.34. The van der Waals surface area contributed by atoms with E-state index in [1.165, 1.54) is 5.56 Å². The summed E-state index contributed by atoms with van der Waals surface area (Å²) in [6.07, 6.45) is 5.33. The Balaban J connectivity index is 0.00000300. The smallest absolute Gasteiger partial charge is 0.161 e. The fourth-order valence-electron chi connectivity index (χ4n) is 3.81. The van der Waals surface area contributed by atoms with Gasteiger partial charge >= 0.3 is 0 Å². The molecule has 3 unspecified atom stereocenters. The second-order valence-corrected chi connectivity index (χ2v) is 8.00. The van der Waals surface area contributed by atoms with E-state index >= 15 is 0 Å². The Morgan fingerprint density at radius 1 is 1.10 bits per heavy atom. The lowest BCUT2D eigenvalue weighted by molar-refractivity contribution is 0.134. The van der Waals surface area contributed by atoms with Crippen LogP contribution in [-0.2, 0) is 6.42 Å². The van der Waals surface area contributed by atoms with Crippen molar-refractivity contribution >= 4 is 24.2 Å². The predicted molar refractivity (Wildman–Crippen MR) is 120 cm³/mol. The lowest BCUT2D eigenvalue weighted by atomic mass is 10.00. The van der Waals surface area contributed by atoms with Crippen LogP contribution < -0.4 is 14.8 Å². The minimum atomic E-state index is -0.582. The number of ether oxygens (including phenoxy) is 2. The van der Waals surface area contributed by atoms with Gasteiger partial charge in [0.05, 0.1) is 20.3 Å². The number of benzene rings is 2. The monoisotopic (exact) mass is 439 g/mol. The number of aryl methyl sites for hydroxylation is 1. The van der Waals surface area contributed by atoms with Gasteiger partial charge < -0.3 is 25.0 Å². The molecule has 0 spiro atoms. The SMILES string of the molecule is COc1ccc(C(O)C2CCC(CCc3ccc(O)c(SC)c3)N2)cc1OC.Cl. The normalized spacial score (nSPS) is 19.4.